The first kappa shape index (κ1) is 22.9. The smallest absolute Gasteiger partial charge is 0.291 e. The van der Waals surface area contributed by atoms with Crippen LogP contribution < -0.4 is 14.9 Å². The van der Waals surface area contributed by atoms with Crippen LogP contribution in [0.3, 0.4) is 0 Å². The summed E-state index contributed by atoms with van der Waals surface area (Å²) in [5, 5.41) is 0.424. The number of ether oxygens (including phenoxy) is 2. The van der Waals surface area contributed by atoms with Crippen LogP contribution in [0.5, 0.6) is 11.5 Å². The number of carbonyl (C=O) groups is 1. The van der Waals surface area contributed by atoms with Crippen molar-refractivity contribution in [3.05, 3.63) is 117 Å². The molecule has 1 aliphatic heterocycles. The molecule has 0 aliphatic carbocycles. The van der Waals surface area contributed by atoms with Crippen molar-refractivity contribution in [2.24, 2.45) is 0 Å². The third kappa shape index (κ3) is 4.23. The number of fused-ring (bicyclic) bond motifs is 2. The third-order valence-electron chi connectivity index (χ3n) is 6.00. The number of methoxy groups -OCH3 is 1. The standard InChI is InChI=1S/C28H22BrNO5/c1-3-14-34-21-11-6-18(7-12-21)25-24-26(31)22-15-19(29)8-13-23(22)35-27(24)28(32)30(25)16-17-4-9-20(33-2)10-5-17/h3-13,15,25H,1,14,16H2,2H3. The average Bonchev–Trinajstić information content (AvgIpc) is 3.15. The zero-order valence-corrected chi connectivity index (χ0v) is 20.6. The minimum Gasteiger partial charge on any atom is -0.497 e. The number of hydrogen-bond acceptors (Lipinski definition) is 5. The van der Waals surface area contributed by atoms with E-state index in [1.807, 2.05) is 48.5 Å². The monoisotopic (exact) mass is 531 g/mol. The maximum absolute atomic E-state index is 13.7. The van der Waals surface area contributed by atoms with Gasteiger partial charge in [0, 0.05) is 11.0 Å². The maximum atomic E-state index is 13.7. The highest BCUT2D eigenvalue weighted by Crippen LogP contribution is 2.40. The summed E-state index contributed by atoms with van der Waals surface area (Å²) in [5.74, 6) is 1.16. The second kappa shape index (κ2) is 9.43. The van der Waals surface area contributed by atoms with Crippen molar-refractivity contribution in [1.82, 2.24) is 4.90 Å². The minimum atomic E-state index is -0.604. The Morgan fingerprint density at radius 1 is 1.03 bits per heavy atom. The first-order chi connectivity index (χ1) is 17.0. The van der Waals surface area contributed by atoms with Crippen LogP contribution >= 0.6 is 15.9 Å². The molecule has 176 valence electrons. The predicted octanol–water partition coefficient (Wildman–Crippen LogP) is 5.87. The van der Waals surface area contributed by atoms with Crippen LogP contribution in [0.1, 0.15) is 33.3 Å². The van der Waals surface area contributed by atoms with Gasteiger partial charge < -0.3 is 18.8 Å². The van der Waals surface area contributed by atoms with Gasteiger partial charge in [0.25, 0.3) is 5.91 Å². The lowest BCUT2D eigenvalue weighted by Gasteiger charge is -2.25. The Morgan fingerprint density at radius 3 is 2.43 bits per heavy atom. The van der Waals surface area contributed by atoms with E-state index in [-0.39, 0.29) is 17.1 Å². The molecule has 7 heteroatoms. The molecule has 3 aromatic carbocycles. The highest BCUT2D eigenvalue weighted by atomic mass is 79.9. The Kier molecular flexibility index (Phi) is 6.17. The van der Waals surface area contributed by atoms with Gasteiger partial charge in [-0.1, -0.05) is 52.9 Å². The molecule has 5 rings (SSSR count). The number of amides is 1. The van der Waals surface area contributed by atoms with Crippen LogP contribution in [0.15, 0.2) is 93.1 Å². The molecule has 0 saturated heterocycles. The molecule has 0 radical (unpaired) electrons. The summed E-state index contributed by atoms with van der Waals surface area (Å²) in [6.45, 7) is 4.35. The van der Waals surface area contributed by atoms with Gasteiger partial charge >= 0.3 is 0 Å². The van der Waals surface area contributed by atoms with Gasteiger partial charge in [-0.05, 0) is 53.6 Å². The Balaban J connectivity index is 1.63. The summed E-state index contributed by atoms with van der Waals surface area (Å²) >= 11 is 3.43. The number of hydrogen-bond donors (Lipinski definition) is 0. The second-order valence-electron chi connectivity index (χ2n) is 8.17. The van der Waals surface area contributed by atoms with Gasteiger partial charge in [0.05, 0.1) is 24.1 Å². The van der Waals surface area contributed by atoms with Crippen molar-refractivity contribution in [3.63, 3.8) is 0 Å². The van der Waals surface area contributed by atoms with E-state index in [9.17, 15) is 9.59 Å². The first-order valence-corrected chi connectivity index (χ1v) is 11.8. The molecule has 35 heavy (non-hydrogen) atoms. The fourth-order valence-electron chi connectivity index (χ4n) is 4.33. The van der Waals surface area contributed by atoms with Gasteiger partial charge in [-0.3, -0.25) is 9.59 Å². The second-order valence-corrected chi connectivity index (χ2v) is 9.08. The zero-order chi connectivity index (χ0) is 24.5. The highest BCUT2D eigenvalue weighted by molar-refractivity contribution is 9.10. The molecule has 0 N–H and O–H groups in total. The van der Waals surface area contributed by atoms with E-state index in [2.05, 4.69) is 22.5 Å². The fourth-order valence-corrected chi connectivity index (χ4v) is 4.69. The molecule has 1 unspecified atom stereocenters. The molecule has 0 fully saturated rings. The zero-order valence-electron chi connectivity index (χ0n) is 19.0. The number of rotatable bonds is 7. The third-order valence-corrected chi connectivity index (χ3v) is 6.50. The van der Waals surface area contributed by atoms with Crippen molar-refractivity contribution in [1.29, 1.82) is 0 Å². The summed E-state index contributed by atoms with van der Waals surface area (Å²) in [7, 11) is 1.61. The summed E-state index contributed by atoms with van der Waals surface area (Å²) in [6.07, 6.45) is 1.67. The SMILES string of the molecule is C=CCOc1ccc(C2c3c(oc4ccc(Br)cc4c3=O)C(=O)N2Cc2ccc(OC)cc2)cc1. The van der Waals surface area contributed by atoms with E-state index >= 15 is 0 Å². The highest BCUT2D eigenvalue weighted by Gasteiger charge is 2.42. The van der Waals surface area contributed by atoms with Gasteiger partial charge in [-0.15, -0.1) is 0 Å². The summed E-state index contributed by atoms with van der Waals surface area (Å²) < 4.78 is 17.6. The molecule has 0 spiro atoms. The van der Waals surface area contributed by atoms with Gasteiger partial charge in [-0.2, -0.15) is 0 Å². The van der Waals surface area contributed by atoms with Crippen LogP contribution in [0.2, 0.25) is 0 Å². The van der Waals surface area contributed by atoms with Crippen molar-refractivity contribution in [3.8, 4) is 11.5 Å². The van der Waals surface area contributed by atoms with E-state index in [4.69, 9.17) is 13.9 Å². The molecule has 4 aromatic rings. The van der Waals surface area contributed by atoms with Crippen molar-refractivity contribution >= 4 is 32.8 Å². The van der Waals surface area contributed by atoms with Crippen molar-refractivity contribution < 1.29 is 18.7 Å². The molecular weight excluding hydrogens is 510 g/mol. The van der Waals surface area contributed by atoms with E-state index in [0.29, 0.717) is 35.4 Å². The number of nitrogens with zero attached hydrogens (tertiary/aromatic N) is 1. The Bertz CT molecular complexity index is 1470. The van der Waals surface area contributed by atoms with Crippen LogP contribution in [0.25, 0.3) is 11.0 Å². The van der Waals surface area contributed by atoms with Gasteiger partial charge in [-0.25, -0.2) is 0 Å². The van der Waals surface area contributed by atoms with Gasteiger partial charge in [0.15, 0.2) is 5.43 Å². The lowest BCUT2D eigenvalue weighted by molar-refractivity contribution is 0.0714. The van der Waals surface area contributed by atoms with Crippen LogP contribution in [0.4, 0.5) is 0 Å². The van der Waals surface area contributed by atoms with Crippen LogP contribution in [-0.4, -0.2) is 24.5 Å². The molecule has 1 aliphatic rings. The van der Waals surface area contributed by atoms with Gasteiger partial charge in [0.1, 0.15) is 23.7 Å². The van der Waals surface area contributed by atoms with Gasteiger partial charge in [0.2, 0.25) is 5.76 Å². The Hall–Kier alpha value is -3.84. The Labute approximate surface area is 210 Å². The minimum absolute atomic E-state index is 0.0790. The molecule has 1 amide bonds. The van der Waals surface area contributed by atoms with E-state index in [0.717, 1.165) is 21.3 Å². The summed E-state index contributed by atoms with van der Waals surface area (Å²) in [4.78, 5) is 29.0. The topological polar surface area (TPSA) is 69.0 Å². The molecule has 0 saturated carbocycles. The largest absolute Gasteiger partial charge is 0.497 e. The molecule has 2 heterocycles. The first-order valence-electron chi connectivity index (χ1n) is 11.0. The maximum Gasteiger partial charge on any atom is 0.291 e. The van der Waals surface area contributed by atoms with E-state index in [1.54, 1.807) is 36.3 Å². The van der Waals surface area contributed by atoms with Crippen LogP contribution in [0, 0.1) is 0 Å². The molecule has 1 aromatic heterocycles. The van der Waals surface area contributed by atoms with E-state index < -0.39 is 6.04 Å². The molecule has 0 bridgehead atoms. The number of carbonyl (C=O) groups excluding carboxylic acids is 1. The lowest BCUT2D eigenvalue weighted by atomic mass is 9.98. The summed E-state index contributed by atoms with van der Waals surface area (Å²) in [5.41, 5.74) is 2.20. The molecule has 1 atom stereocenters. The quantitative estimate of drug-likeness (QED) is 0.279. The predicted molar refractivity (Wildman–Crippen MR) is 137 cm³/mol. The molecular formula is C28H22BrNO5. The van der Waals surface area contributed by atoms with Crippen LogP contribution in [-0.2, 0) is 6.54 Å². The van der Waals surface area contributed by atoms with Crippen molar-refractivity contribution in [2.45, 2.75) is 12.6 Å². The average molecular weight is 532 g/mol. The lowest BCUT2D eigenvalue weighted by Crippen LogP contribution is -2.29. The normalized spacial score (nSPS) is 14.7. The Morgan fingerprint density at radius 2 is 1.74 bits per heavy atom. The number of halogens is 1. The molecule has 6 nitrogen and oxygen atoms in total. The number of benzene rings is 3. The summed E-state index contributed by atoms with van der Waals surface area (Å²) in [6, 6.07) is 19.5. The fraction of sp³-hybridized carbons (Fsp3) is 0.143. The van der Waals surface area contributed by atoms with Crippen molar-refractivity contribution in [2.75, 3.05) is 13.7 Å². The van der Waals surface area contributed by atoms with E-state index in [1.165, 1.54) is 0 Å².